The number of carbonyl (C=O) groups excluding carboxylic acids is 2. The normalized spacial score (nSPS) is 12.0. The molecule has 154 valence electrons. The largest absolute Gasteiger partial charge is 0.454 e. The molecule has 0 aliphatic carbocycles. The maximum Gasteiger partial charge on any atom is 0.293 e. The fourth-order valence-electron chi connectivity index (χ4n) is 3.46. The van der Waals surface area contributed by atoms with E-state index in [1.165, 1.54) is 0 Å². The molecule has 31 heavy (non-hydrogen) atoms. The van der Waals surface area contributed by atoms with E-state index in [1.807, 2.05) is 25.1 Å². The first-order valence-electron chi connectivity index (χ1n) is 9.69. The number of para-hydroxylation sites is 1. The molecular weight excluding hydrogens is 396 g/mol. The second-order valence-corrected chi connectivity index (χ2v) is 7.15. The van der Waals surface area contributed by atoms with Crippen LogP contribution in [0.5, 0.6) is 11.5 Å². The number of ether oxygens (including phenoxy) is 2. The third-order valence-electron chi connectivity index (χ3n) is 4.95. The lowest BCUT2D eigenvalue weighted by Gasteiger charge is -2.08. The molecule has 1 aromatic heterocycles. The zero-order chi connectivity index (χ0) is 21.4. The van der Waals surface area contributed by atoms with Gasteiger partial charge in [0, 0.05) is 22.7 Å². The minimum atomic E-state index is -0.491. The zero-order valence-electron chi connectivity index (χ0n) is 16.6. The van der Waals surface area contributed by atoms with Crippen molar-refractivity contribution in [2.75, 3.05) is 17.4 Å². The summed E-state index contributed by atoms with van der Waals surface area (Å²) < 4.78 is 16.5. The number of carbonyl (C=O) groups is 2. The van der Waals surface area contributed by atoms with Crippen molar-refractivity contribution in [3.63, 3.8) is 0 Å². The first-order valence-corrected chi connectivity index (χ1v) is 9.69. The van der Waals surface area contributed by atoms with E-state index < -0.39 is 5.91 Å². The Balaban J connectivity index is 1.48. The first-order chi connectivity index (χ1) is 15.1. The van der Waals surface area contributed by atoms with Gasteiger partial charge in [0.05, 0.1) is 0 Å². The molecule has 0 bridgehead atoms. The van der Waals surface area contributed by atoms with E-state index in [1.54, 1.807) is 48.5 Å². The van der Waals surface area contributed by atoms with Crippen molar-refractivity contribution in [2.45, 2.75) is 6.92 Å². The summed E-state index contributed by atoms with van der Waals surface area (Å²) in [6.07, 6.45) is 0. The summed E-state index contributed by atoms with van der Waals surface area (Å²) >= 11 is 0. The van der Waals surface area contributed by atoms with Gasteiger partial charge in [-0.1, -0.05) is 29.8 Å². The Labute approximate surface area is 177 Å². The molecule has 0 saturated heterocycles. The topological polar surface area (TPSA) is 89.8 Å². The van der Waals surface area contributed by atoms with E-state index in [0.717, 1.165) is 5.56 Å². The highest BCUT2D eigenvalue weighted by molar-refractivity contribution is 6.16. The van der Waals surface area contributed by atoms with E-state index >= 15 is 0 Å². The van der Waals surface area contributed by atoms with Gasteiger partial charge in [-0.2, -0.15) is 0 Å². The molecule has 1 aliphatic rings. The lowest BCUT2D eigenvalue weighted by molar-refractivity contribution is 0.0999. The Morgan fingerprint density at radius 1 is 0.839 bits per heavy atom. The maximum absolute atomic E-state index is 13.0. The van der Waals surface area contributed by atoms with Gasteiger partial charge in [0.15, 0.2) is 11.5 Å². The molecule has 0 unspecified atom stereocenters. The van der Waals surface area contributed by atoms with Gasteiger partial charge in [0.1, 0.15) is 11.3 Å². The molecule has 0 spiro atoms. The Morgan fingerprint density at radius 2 is 1.68 bits per heavy atom. The van der Waals surface area contributed by atoms with Crippen molar-refractivity contribution in [1.82, 2.24) is 0 Å². The summed E-state index contributed by atoms with van der Waals surface area (Å²) in [4.78, 5) is 25.9. The highest BCUT2D eigenvalue weighted by atomic mass is 16.7. The van der Waals surface area contributed by atoms with Gasteiger partial charge in [-0.05, 0) is 43.3 Å². The van der Waals surface area contributed by atoms with Crippen LogP contribution in [0.15, 0.2) is 71.1 Å². The van der Waals surface area contributed by atoms with Gasteiger partial charge in [-0.25, -0.2) is 0 Å². The molecule has 2 heterocycles. The van der Waals surface area contributed by atoms with Gasteiger partial charge in [0.25, 0.3) is 11.8 Å². The zero-order valence-corrected chi connectivity index (χ0v) is 16.6. The number of hydrogen-bond donors (Lipinski definition) is 2. The molecule has 3 aromatic carbocycles. The molecular formula is C24H18N2O5. The van der Waals surface area contributed by atoms with Crippen molar-refractivity contribution in [2.24, 2.45) is 0 Å². The second kappa shape index (κ2) is 7.53. The highest BCUT2D eigenvalue weighted by Gasteiger charge is 2.23. The second-order valence-electron chi connectivity index (χ2n) is 7.15. The summed E-state index contributed by atoms with van der Waals surface area (Å²) in [7, 11) is 0. The molecule has 1 aliphatic heterocycles. The van der Waals surface area contributed by atoms with Gasteiger partial charge >= 0.3 is 0 Å². The predicted octanol–water partition coefficient (Wildman–Crippen LogP) is 4.97. The van der Waals surface area contributed by atoms with Crippen LogP contribution in [0.4, 0.5) is 11.4 Å². The predicted molar refractivity (Wildman–Crippen MR) is 116 cm³/mol. The summed E-state index contributed by atoms with van der Waals surface area (Å²) in [5, 5.41) is 6.28. The molecule has 2 N–H and O–H groups in total. The first kappa shape index (κ1) is 18.7. The molecule has 5 rings (SSSR count). The van der Waals surface area contributed by atoms with Gasteiger partial charge in [-0.15, -0.1) is 0 Å². The summed E-state index contributed by atoms with van der Waals surface area (Å²) in [6.45, 7) is 2.06. The Bertz CT molecular complexity index is 1320. The maximum atomic E-state index is 13.0. The Hall–Kier alpha value is -4.26. The number of anilines is 2. The van der Waals surface area contributed by atoms with E-state index in [2.05, 4.69) is 10.6 Å². The quantitative estimate of drug-likeness (QED) is 0.492. The number of benzene rings is 3. The van der Waals surface area contributed by atoms with Gasteiger partial charge in [-0.3, -0.25) is 9.59 Å². The lowest BCUT2D eigenvalue weighted by atomic mass is 10.1. The van der Waals surface area contributed by atoms with Crippen molar-refractivity contribution < 1.29 is 23.5 Å². The number of furan rings is 1. The lowest BCUT2D eigenvalue weighted by Crippen LogP contribution is -2.17. The van der Waals surface area contributed by atoms with Crippen LogP contribution >= 0.6 is 0 Å². The number of hydrogen-bond acceptors (Lipinski definition) is 5. The Kier molecular flexibility index (Phi) is 4.55. The monoisotopic (exact) mass is 414 g/mol. The number of rotatable bonds is 4. The van der Waals surface area contributed by atoms with Crippen LogP contribution in [-0.4, -0.2) is 18.6 Å². The fourth-order valence-corrected chi connectivity index (χ4v) is 3.46. The van der Waals surface area contributed by atoms with E-state index in [4.69, 9.17) is 13.9 Å². The van der Waals surface area contributed by atoms with Crippen LogP contribution < -0.4 is 20.1 Å². The smallest absolute Gasteiger partial charge is 0.293 e. The van der Waals surface area contributed by atoms with Crippen LogP contribution in [0.1, 0.15) is 26.5 Å². The third-order valence-corrected chi connectivity index (χ3v) is 4.95. The number of fused-ring (bicyclic) bond motifs is 2. The SMILES string of the molecule is Cc1cccc(C(=O)Nc2c(C(=O)Nc3ccc4c(c3)OCO4)oc3ccccc23)c1. The van der Waals surface area contributed by atoms with Crippen molar-refractivity contribution >= 4 is 34.2 Å². The summed E-state index contributed by atoms with van der Waals surface area (Å²) in [6, 6.07) is 19.5. The van der Waals surface area contributed by atoms with Crippen molar-refractivity contribution in [1.29, 1.82) is 0 Å². The van der Waals surface area contributed by atoms with Crippen molar-refractivity contribution in [3.8, 4) is 11.5 Å². The Morgan fingerprint density at radius 3 is 2.55 bits per heavy atom. The molecule has 7 nitrogen and oxygen atoms in total. The number of aryl methyl sites for hydroxylation is 1. The highest BCUT2D eigenvalue weighted by Crippen LogP contribution is 2.35. The van der Waals surface area contributed by atoms with Crippen molar-refractivity contribution in [3.05, 3.63) is 83.6 Å². The standard InChI is InChI=1S/C24H18N2O5/c1-14-5-4-6-15(11-14)23(27)26-21-17-7-2-3-8-18(17)31-22(21)24(28)25-16-9-10-19-20(12-16)30-13-29-19/h2-12H,13H2,1H3,(H,25,28)(H,26,27). The minimum Gasteiger partial charge on any atom is -0.454 e. The van der Waals surface area contributed by atoms with Crippen LogP contribution in [-0.2, 0) is 0 Å². The summed E-state index contributed by atoms with van der Waals surface area (Å²) in [5.74, 6) is 0.366. The average molecular weight is 414 g/mol. The molecule has 0 radical (unpaired) electrons. The van der Waals surface area contributed by atoms with Crippen LogP contribution in [0.2, 0.25) is 0 Å². The van der Waals surface area contributed by atoms with Crippen LogP contribution in [0.3, 0.4) is 0 Å². The molecule has 4 aromatic rings. The molecule has 0 saturated carbocycles. The van der Waals surface area contributed by atoms with Gasteiger partial charge < -0.3 is 24.5 Å². The van der Waals surface area contributed by atoms with E-state index in [-0.39, 0.29) is 18.5 Å². The average Bonchev–Trinajstić information content (AvgIpc) is 3.38. The molecule has 7 heteroatoms. The summed E-state index contributed by atoms with van der Waals surface area (Å²) in [5.41, 5.74) is 2.79. The van der Waals surface area contributed by atoms with E-state index in [9.17, 15) is 9.59 Å². The molecule has 0 atom stereocenters. The van der Waals surface area contributed by atoms with Crippen LogP contribution in [0, 0.1) is 6.92 Å². The fraction of sp³-hybridized carbons (Fsp3) is 0.0833. The molecule has 2 amide bonds. The van der Waals surface area contributed by atoms with E-state index in [0.29, 0.717) is 39.4 Å². The molecule has 0 fully saturated rings. The van der Waals surface area contributed by atoms with Crippen LogP contribution in [0.25, 0.3) is 11.0 Å². The van der Waals surface area contributed by atoms with Gasteiger partial charge in [0.2, 0.25) is 12.6 Å². The number of nitrogens with one attached hydrogen (secondary N) is 2. The minimum absolute atomic E-state index is 0.0138. The number of amides is 2. The third kappa shape index (κ3) is 3.57.